The van der Waals surface area contributed by atoms with E-state index in [0.717, 1.165) is 17.1 Å². The van der Waals surface area contributed by atoms with Crippen molar-refractivity contribution in [1.29, 1.82) is 0 Å². The molecule has 2 aromatic rings. The number of hydrogen-bond acceptors (Lipinski definition) is 4. The van der Waals surface area contributed by atoms with Gasteiger partial charge in [-0.15, -0.1) is 0 Å². The molecule has 98 valence electrons. The van der Waals surface area contributed by atoms with Crippen LogP contribution in [-0.4, -0.2) is 27.6 Å². The van der Waals surface area contributed by atoms with Crippen molar-refractivity contribution in [3.63, 3.8) is 0 Å². The van der Waals surface area contributed by atoms with Gasteiger partial charge >= 0.3 is 5.97 Å². The average Bonchev–Trinajstić information content (AvgIpc) is 2.39. The highest BCUT2D eigenvalue weighted by atomic mass is 16.4. The summed E-state index contributed by atoms with van der Waals surface area (Å²) in [7, 11) is 0. The van der Waals surface area contributed by atoms with Crippen LogP contribution in [0, 0.1) is 6.92 Å². The van der Waals surface area contributed by atoms with E-state index in [1.165, 1.54) is 6.33 Å². The van der Waals surface area contributed by atoms with Gasteiger partial charge in [-0.05, 0) is 25.0 Å². The van der Waals surface area contributed by atoms with Crippen molar-refractivity contribution >= 4 is 11.8 Å². The Hall–Kier alpha value is -2.43. The van der Waals surface area contributed by atoms with Crippen molar-refractivity contribution in [2.45, 2.75) is 13.3 Å². The number of nitrogens with one attached hydrogen (secondary N) is 1. The lowest BCUT2D eigenvalue weighted by molar-refractivity contribution is 0.0695. The highest BCUT2D eigenvalue weighted by molar-refractivity contribution is 5.89. The largest absolute Gasteiger partial charge is 0.478 e. The maximum absolute atomic E-state index is 11.1. The van der Waals surface area contributed by atoms with Gasteiger partial charge in [-0.1, -0.05) is 18.2 Å². The number of nitrogens with zero attached hydrogens (tertiary/aromatic N) is 2. The second-order valence-electron chi connectivity index (χ2n) is 4.18. The van der Waals surface area contributed by atoms with E-state index in [4.69, 9.17) is 5.11 Å². The molecule has 0 spiro atoms. The van der Waals surface area contributed by atoms with Gasteiger partial charge < -0.3 is 10.4 Å². The Labute approximate surface area is 111 Å². The van der Waals surface area contributed by atoms with Gasteiger partial charge in [-0.25, -0.2) is 14.8 Å². The lowest BCUT2D eigenvalue weighted by atomic mass is 10.0. The Balaban J connectivity index is 1.98. The van der Waals surface area contributed by atoms with Gasteiger partial charge in [0, 0.05) is 18.3 Å². The summed E-state index contributed by atoms with van der Waals surface area (Å²) in [6.07, 6.45) is 2.13. The monoisotopic (exact) mass is 257 g/mol. The van der Waals surface area contributed by atoms with Crippen LogP contribution in [0.2, 0.25) is 0 Å². The van der Waals surface area contributed by atoms with Gasteiger partial charge in [-0.2, -0.15) is 0 Å². The molecule has 5 heteroatoms. The minimum absolute atomic E-state index is 0.350. The number of hydrogen-bond donors (Lipinski definition) is 2. The molecule has 1 aromatic carbocycles. The van der Waals surface area contributed by atoms with Gasteiger partial charge in [0.05, 0.1) is 5.56 Å². The third kappa shape index (κ3) is 3.51. The zero-order valence-corrected chi connectivity index (χ0v) is 10.6. The number of aromatic nitrogens is 2. The van der Waals surface area contributed by atoms with E-state index in [9.17, 15) is 4.79 Å². The predicted octanol–water partition coefficient (Wildman–Crippen LogP) is 2.14. The lowest BCUT2D eigenvalue weighted by Gasteiger charge is -2.08. The van der Waals surface area contributed by atoms with Crippen LogP contribution in [-0.2, 0) is 6.42 Å². The van der Waals surface area contributed by atoms with E-state index < -0.39 is 5.97 Å². The molecule has 19 heavy (non-hydrogen) atoms. The van der Waals surface area contributed by atoms with Crippen molar-refractivity contribution in [3.8, 4) is 0 Å². The van der Waals surface area contributed by atoms with Crippen LogP contribution < -0.4 is 5.32 Å². The number of aromatic carboxylic acids is 1. The number of anilines is 1. The number of benzene rings is 1. The molecule has 0 aliphatic rings. The summed E-state index contributed by atoms with van der Waals surface area (Å²) in [5, 5.41) is 12.2. The normalized spacial score (nSPS) is 10.2. The summed E-state index contributed by atoms with van der Waals surface area (Å²) in [6.45, 7) is 2.52. The molecular weight excluding hydrogens is 242 g/mol. The summed E-state index contributed by atoms with van der Waals surface area (Å²) >= 11 is 0. The highest BCUT2D eigenvalue weighted by Crippen LogP contribution is 2.10. The van der Waals surface area contributed by atoms with Crippen LogP contribution in [0.1, 0.15) is 21.6 Å². The van der Waals surface area contributed by atoms with E-state index in [2.05, 4.69) is 15.3 Å². The molecule has 2 rings (SSSR count). The zero-order chi connectivity index (χ0) is 13.7. The topological polar surface area (TPSA) is 75.1 Å². The predicted molar refractivity (Wildman–Crippen MR) is 72.4 cm³/mol. The Bertz CT molecular complexity index is 584. The summed E-state index contributed by atoms with van der Waals surface area (Å²) in [4.78, 5) is 19.2. The quantitative estimate of drug-likeness (QED) is 0.858. The Morgan fingerprint density at radius 1 is 1.32 bits per heavy atom. The number of carboxylic acids is 1. The first-order valence-corrected chi connectivity index (χ1v) is 6.00. The Kier molecular flexibility index (Phi) is 4.07. The van der Waals surface area contributed by atoms with Crippen molar-refractivity contribution < 1.29 is 9.90 Å². The minimum atomic E-state index is -0.895. The smallest absolute Gasteiger partial charge is 0.335 e. The molecule has 0 bridgehead atoms. The van der Waals surface area contributed by atoms with Crippen LogP contribution in [0.5, 0.6) is 0 Å². The first kappa shape index (κ1) is 13.0. The van der Waals surface area contributed by atoms with E-state index in [1.54, 1.807) is 12.1 Å². The molecule has 0 aliphatic carbocycles. The van der Waals surface area contributed by atoms with Gasteiger partial charge in [0.15, 0.2) is 0 Å². The van der Waals surface area contributed by atoms with Crippen molar-refractivity contribution in [3.05, 3.63) is 53.5 Å². The van der Waals surface area contributed by atoms with Gasteiger partial charge in [0.1, 0.15) is 12.1 Å². The third-order valence-corrected chi connectivity index (χ3v) is 2.75. The lowest BCUT2D eigenvalue weighted by Crippen LogP contribution is -2.10. The molecule has 5 nitrogen and oxygen atoms in total. The van der Waals surface area contributed by atoms with Crippen LogP contribution in [0.15, 0.2) is 36.7 Å². The Morgan fingerprint density at radius 3 is 2.84 bits per heavy atom. The van der Waals surface area contributed by atoms with Gasteiger partial charge in [0.2, 0.25) is 0 Å². The highest BCUT2D eigenvalue weighted by Gasteiger charge is 2.08. The molecule has 0 amide bonds. The van der Waals surface area contributed by atoms with Crippen molar-refractivity contribution in [2.24, 2.45) is 0 Å². The molecule has 0 radical (unpaired) electrons. The van der Waals surface area contributed by atoms with Crippen LogP contribution in [0.25, 0.3) is 0 Å². The van der Waals surface area contributed by atoms with E-state index in [1.807, 2.05) is 25.1 Å². The summed E-state index contributed by atoms with van der Waals surface area (Å²) in [6, 6.07) is 8.87. The summed E-state index contributed by atoms with van der Waals surface area (Å²) in [5.74, 6) is -0.145. The molecule has 0 unspecified atom stereocenters. The second-order valence-corrected chi connectivity index (χ2v) is 4.18. The molecule has 0 saturated carbocycles. The minimum Gasteiger partial charge on any atom is -0.478 e. The fourth-order valence-corrected chi connectivity index (χ4v) is 1.82. The summed E-state index contributed by atoms with van der Waals surface area (Å²) in [5.41, 5.74) is 2.06. The number of rotatable bonds is 5. The standard InChI is InChI=1S/C14H15N3O2/c1-10-8-13(17-9-16-10)15-7-6-11-4-2-3-5-12(11)14(18)19/h2-5,8-9H,6-7H2,1H3,(H,18,19)(H,15,16,17). The van der Waals surface area contributed by atoms with Crippen LogP contribution in [0.3, 0.4) is 0 Å². The molecular formula is C14H15N3O2. The van der Waals surface area contributed by atoms with Crippen molar-refractivity contribution in [1.82, 2.24) is 9.97 Å². The van der Waals surface area contributed by atoms with Gasteiger partial charge in [-0.3, -0.25) is 0 Å². The molecule has 0 saturated heterocycles. The first-order chi connectivity index (χ1) is 9.16. The van der Waals surface area contributed by atoms with Crippen LogP contribution >= 0.6 is 0 Å². The fraction of sp³-hybridized carbons (Fsp3) is 0.214. The molecule has 0 aliphatic heterocycles. The zero-order valence-electron chi connectivity index (χ0n) is 10.6. The maximum Gasteiger partial charge on any atom is 0.335 e. The number of carbonyl (C=O) groups is 1. The number of carboxylic acid groups (broad SMARTS) is 1. The SMILES string of the molecule is Cc1cc(NCCc2ccccc2C(=O)O)ncn1. The maximum atomic E-state index is 11.1. The summed E-state index contributed by atoms with van der Waals surface area (Å²) < 4.78 is 0. The van der Waals surface area contributed by atoms with E-state index in [0.29, 0.717) is 18.5 Å². The van der Waals surface area contributed by atoms with E-state index >= 15 is 0 Å². The Morgan fingerprint density at radius 2 is 2.11 bits per heavy atom. The number of aryl methyl sites for hydroxylation is 1. The molecule has 0 fully saturated rings. The van der Waals surface area contributed by atoms with Crippen LogP contribution in [0.4, 0.5) is 5.82 Å². The second kappa shape index (κ2) is 5.95. The van der Waals surface area contributed by atoms with E-state index in [-0.39, 0.29) is 0 Å². The van der Waals surface area contributed by atoms with Gasteiger partial charge in [0.25, 0.3) is 0 Å². The molecule has 0 atom stereocenters. The first-order valence-electron chi connectivity index (χ1n) is 6.00. The fourth-order valence-electron chi connectivity index (χ4n) is 1.82. The average molecular weight is 257 g/mol. The van der Waals surface area contributed by atoms with Crippen molar-refractivity contribution in [2.75, 3.05) is 11.9 Å². The molecule has 2 N–H and O–H groups in total. The third-order valence-electron chi connectivity index (χ3n) is 2.75. The molecule has 1 heterocycles. The molecule has 1 aromatic heterocycles.